The highest BCUT2D eigenvalue weighted by molar-refractivity contribution is 5.94. The van der Waals surface area contributed by atoms with Gasteiger partial charge in [0.25, 0.3) is 5.91 Å². The number of nitrogens with one attached hydrogen (secondary N) is 1. The molecular weight excluding hydrogens is 264 g/mol. The Kier molecular flexibility index (Phi) is 4.89. The molecule has 19 heavy (non-hydrogen) atoms. The molecule has 102 valence electrons. The molecule has 1 rings (SSSR count). The maximum atomic E-state index is 13.3. The molecule has 0 saturated heterocycles. The zero-order valence-electron chi connectivity index (χ0n) is 9.64. The van der Waals surface area contributed by atoms with Crippen LogP contribution in [0.1, 0.15) is 15.9 Å². The number of carbonyl (C=O) groups excluding carboxylic acids is 1. The van der Waals surface area contributed by atoms with E-state index in [1.807, 2.05) is 0 Å². The summed E-state index contributed by atoms with van der Waals surface area (Å²) in [6.07, 6.45) is -4.55. The molecular formula is C12H10F4N2O. The van der Waals surface area contributed by atoms with Crippen molar-refractivity contribution in [3.8, 4) is 11.8 Å². The van der Waals surface area contributed by atoms with Gasteiger partial charge < -0.3 is 11.1 Å². The molecule has 0 aliphatic heterocycles. The van der Waals surface area contributed by atoms with Gasteiger partial charge in [-0.1, -0.05) is 11.8 Å². The summed E-state index contributed by atoms with van der Waals surface area (Å²) in [6, 6.07) is 3.34. The first-order valence-electron chi connectivity index (χ1n) is 5.17. The van der Waals surface area contributed by atoms with E-state index in [1.165, 1.54) is 6.07 Å². The van der Waals surface area contributed by atoms with Crippen molar-refractivity contribution in [3.05, 3.63) is 35.1 Å². The molecule has 7 heteroatoms. The summed E-state index contributed by atoms with van der Waals surface area (Å²) in [5, 5.41) is 1.59. The van der Waals surface area contributed by atoms with Gasteiger partial charge in [-0.15, -0.1) is 0 Å². The van der Waals surface area contributed by atoms with E-state index in [0.717, 1.165) is 12.1 Å². The molecule has 0 aliphatic carbocycles. The van der Waals surface area contributed by atoms with Gasteiger partial charge in [-0.25, -0.2) is 4.39 Å². The second-order valence-corrected chi connectivity index (χ2v) is 3.50. The Morgan fingerprint density at radius 3 is 2.63 bits per heavy atom. The number of hydrogen-bond donors (Lipinski definition) is 2. The predicted molar refractivity (Wildman–Crippen MR) is 60.7 cm³/mol. The zero-order chi connectivity index (χ0) is 14.5. The molecule has 0 heterocycles. The summed E-state index contributed by atoms with van der Waals surface area (Å²) < 4.78 is 49.1. The average Bonchev–Trinajstić information content (AvgIpc) is 2.34. The number of hydrogen-bond acceptors (Lipinski definition) is 2. The van der Waals surface area contributed by atoms with Gasteiger partial charge in [0.05, 0.1) is 12.1 Å². The van der Waals surface area contributed by atoms with Gasteiger partial charge in [0.15, 0.2) is 0 Å². The number of carbonyl (C=O) groups is 1. The van der Waals surface area contributed by atoms with Crippen molar-refractivity contribution in [2.24, 2.45) is 5.73 Å². The van der Waals surface area contributed by atoms with Crippen LogP contribution in [0.2, 0.25) is 0 Å². The third-order valence-electron chi connectivity index (χ3n) is 2.00. The van der Waals surface area contributed by atoms with Crippen LogP contribution in [-0.2, 0) is 0 Å². The smallest absolute Gasteiger partial charge is 0.343 e. The monoisotopic (exact) mass is 274 g/mol. The molecule has 0 aliphatic rings. The molecule has 0 aromatic heterocycles. The molecule has 0 fully saturated rings. The maximum absolute atomic E-state index is 13.3. The van der Waals surface area contributed by atoms with E-state index in [1.54, 1.807) is 5.32 Å². The topological polar surface area (TPSA) is 55.1 Å². The number of halogens is 4. The zero-order valence-corrected chi connectivity index (χ0v) is 9.64. The van der Waals surface area contributed by atoms with Gasteiger partial charge in [-0.05, 0) is 18.2 Å². The van der Waals surface area contributed by atoms with Crippen molar-refractivity contribution in [3.63, 3.8) is 0 Å². The Morgan fingerprint density at radius 2 is 2.05 bits per heavy atom. The second kappa shape index (κ2) is 6.20. The first-order valence-corrected chi connectivity index (χ1v) is 5.17. The van der Waals surface area contributed by atoms with Crippen LogP contribution in [0, 0.1) is 17.7 Å². The first-order chi connectivity index (χ1) is 8.83. The minimum Gasteiger partial charge on any atom is -0.343 e. The number of alkyl halides is 3. The summed E-state index contributed by atoms with van der Waals surface area (Å²) >= 11 is 0. The maximum Gasteiger partial charge on any atom is 0.405 e. The number of amides is 1. The van der Waals surface area contributed by atoms with Crippen LogP contribution in [0.5, 0.6) is 0 Å². The van der Waals surface area contributed by atoms with Crippen LogP contribution in [0.3, 0.4) is 0 Å². The molecule has 3 N–H and O–H groups in total. The third kappa shape index (κ3) is 4.97. The normalized spacial score (nSPS) is 10.6. The molecule has 0 atom stereocenters. The number of nitrogens with two attached hydrogens (primary N) is 1. The second-order valence-electron chi connectivity index (χ2n) is 3.50. The van der Waals surface area contributed by atoms with Crippen molar-refractivity contribution in [2.45, 2.75) is 6.18 Å². The highest BCUT2D eigenvalue weighted by Crippen LogP contribution is 2.14. The van der Waals surface area contributed by atoms with Gasteiger partial charge in [0, 0.05) is 5.56 Å². The summed E-state index contributed by atoms with van der Waals surface area (Å²) in [7, 11) is 0. The van der Waals surface area contributed by atoms with E-state index in [4.69, 9.17) is 5.73 Å². The fraction of sp³-hybridized carbons (Fsp3) is 0.250. The molecule has 0 bridgehead atoms. The van der Waals surface area contributed by atoms with Gasteiger partial charge in [-0.3, -0.25) is 4.79 Å². The molecule has 0 radical (unpaired) electrons. The molecule has 0 spiro atoms. The van der Waals surface area contributed by atoms with E-state index in [2.05, 4.69) is 11.8 Å². The Bertz CT molecular complexity index is 529. The molecule has 0 saturated carbocycles. The van der Waals surface area contributed by atoms with E-state index < -0.39 is 30.0 Å². The molecule has 0 unspecified atom stereocenters. The molecule has 3 nitrogen and oxygen atoms in total. The van der Waals surface area contributed by atoms with Crippen LogP contribution in [-0.4, -0.2) is 25.2 Å². The predicted octanol–water partition coefficient (Wildman–Crippen LogP) is 1.43. The lowest BCUT2D eigenvalue weighted by atomic mass is 10.1. The summed E-state index contributed by atoms with van der Waals surface area (Å²) in [4.78, 5) is 11.4. The van der Waals surface area contributed by atoms with Crippen LogP contribution in [0.4, 0.5) is 17.6 Å². The van der Waals surface area contributed by atoms with Crippen molar-refractivity contribution in [1.29, 1.82) is 0 Å². The molecule has 1 aromatic carbocycles. The average molecular weight is 274 g/mol. The van der Waals surface area contributed by atoms with E-state index in [9.17, 15) is 22.4 Å². The SMILES string of the molecule is NCC#Cc1ccc(F)c(C(=O)NCC(F)(F)F)c1. The van der Waals surface area contributed by atoms with Crippen LogP contribution in [0.25, 0.3) is 0 Å². The minimum atomic E-state index is -4.55. The van der Waals surface area contributed by atoms with Crippen LogP contribution >= 0.6 is 0 Å². The van der Waals surface area contributed by atoms with Crippen molar-refractivity contribution < 1.29 is 22.4 Å². The minimum absolute atomic E-state index is 0.0764. The van der Waals surface area contributed by atoms with Crippen LogP contribution in [0.15, 0.2) is 18.2 Å². The number of rotatable bonds is 2. The third-order valence-corrected chi connectivity index (χ3v) is 2.00. The Morgan fingerprint density at radius 1 is 1.37 bits per heavy atom. The highest BCUT2D eigenvalue weighted by Gasteiger charge is 2.28. The van der Waals surface area contributed by atoms with E-state index >= 15 is 0 Å². The van der Waals surface area contributed by atoms with E-state index in [0.29, 0.717) is 5.56 Å². The summed E-state index contributed by atoms with van der Waals surface area (Å²) in [6.45, 7) is -1.45. The molecule has 1 amide bonds. The fourth-order valence-electron chi connectivity index (χ4n) is 1.21. The lowest BCUT2D eigenvalue weighted by Crippen LogP contribution is -2.34. The lowest BCUT2D eigenvalue weighted by molar-refractivity contribution is -0.123. The summed E-state index contributed by atoms with van der Waals surface area (Å²) in [5.74, 6) is 2.98. The van der Waals surface area contributed by atoms with Crippen molar-refractivity contribution in [1.82, 2.24) is 5.32 Å². The van der Waals surface area contributed by atoms with E-state index in [-0.39, 0.29) is 6.54 Å². The van der Waals surface area contributed by atoms with Gasteiger partial charge in [0.1, 0.15) is 12.4 Å². The Labute approximate surface area is 106 Å². The Balaban J connectivity index is 2.89. The van der Waals surface area contributed by atoms with Crippen molar-refractivity contribution >= 4 is 5.91 Å². The van der Waals surface area contributed by atoms with Gasteiger partial charge in [-0.2, -0.15) is 13.2 Å². The van der Waals surface area contributed by atoms with Crippen molar-refractivity contribution in [2.75, 3.05) is 13.1 Å². The van der Waals surface area contributed by atoms with Gasteiger partial charge in [0.2, 0.25) is 0 Å². The standard InChI is InChI=1S/C12H10F4N2O/c13-10-4-3-8(2-1-5-17)6-9(10)11(19)18-7-12(14,15)16/h3-4,6H,5,7,17H2,(H,18,19). The summed E-state index contributed by atoms with van der Waals surface area (Å²) in [5.41, 5.74) is 4.95. The van der Waals surface area contributed by atoms with Gasteiger partial charge >= 0.3 is 6.18 Å². The lowest BCUT2D eigenvalue weighted by Gasteiger charge is -2.09. The highest BCUT2D eigenvalue weighted by atomic mass is 19.4. The van der Waals surface area contributed by atoms with Crippen LogP contribution < -0.4 is 11.1 Å². The first kappa shape index (κ1) is 15.0. The Hall–Kier alpha value is -2.07. The quantitative estimate of drug-likeness (QED) is 0.633. The largest absolute Gasteiger partial charge is 0.405 e. The molecule has 1 aromatic rings. The fourth-order valence-corrected chi connectivity index (χ4v) is 1.21. The number of benzene rings is 1.